The van der Waals surface area contributed by atoms with Gasteiger partial charge in [0.15, 0.2) is 0 Å². The summed E-state index contributed by atoms with van der Waals surface area (Å²) in [7, 11) is 0. The Bertz CT molecular complexity index is 143. The van der Waals surface area contributed by atoms with Crippen LogP contribution in [0.5, 0.6) is 0 Å². The van der Waals surface area contributed by atoms with Crippen LogP contribution in [0.15, 0.2) is 12.7 Å². The largest absolute Gasteiger partial charge is 0.331 e. The minimum absolute atomic E-state index is 0. The fourth-order valence-corrected chi connectivity index (χ4v) is 0.483. The molecule has 1 atom stereocenters. The smallest absolute Gasteiger partial charge is 0.245 e. The van der Waals surface area contributed by atoms with Gasteiger partial charge in [0.1, 0.15) is 6.29 Å². The van der Waals surface area contributed by atoms with E-state index in [4.69, 9.17) is 11.5 Å². The Balaban J connectivity index is -0.000000267. The normalized spacial score (nSPS) is 10.0. The molecule has 6 heteroatoms. The van der Waals surface area contributed by atoms with Gasteiger partial charge in [0.2, 0.25) is 5.91 Å². The molecule has 0 aromatic heterocycles. The molecule has 0 aliphatic heterocycles. The third-order valence-corrected chi connectivity index (χ3v) is 0.907. The lowest BCUT2D eigenvalue weighted by atomic mass is 10.5. The Hall–Kier alpha value is -0.620. The van der Waals surface area contributed by atoms with Gasteiger partial charge in [0.05, 0.1) is 0 Å². The summed E-state index contributed by atoms with van der Waals surface area (Å²) in [6, 6.07) is 0. The number of hydrogen-bond acceptors (Lipinski definition) is 4. The first-order valence-electron chi connectivity index (χ1n) is 4.24. The summed E-state index contributed by atoms with van der Waals surface area (Å²) >= 11 is 0. The van der Waals surface area contributed by atoms with Gasteiger partial charge in [0, 0.05) is 0 Å². The lowest BCUT2D eigenvalue weighted by Gasteiger charge is -2.11. The molecule has 5 nitrogen and oxygen atoms in total. The fraction of sp³-hybridized carbons (Fsp3) is 0.625. The van der Waals surface area contributed by atoms with E-state index in [0.29, 0.717) is 0 Å². The van der Waals surface area contributed by atoms with Crippen molar-refractivity contribution in [3.05, 3.63) is 12.7 Å². The van der Waals surface area contributed by atoms with Crippen LogP contribution in [0, 0.1) is 0 Å². The zero-order chi connectivity index (χ0) is 10.7. The van der Waals surface area contributed by atoms with Crippen LogP contribution in [-0.4, -0.2) is 25.3 Å². The van der Waals surface area contributed by atoms with Gasteiger partial charge in [-0.15, -0.1) is 12.4 Å². The molecular weight excluding hydrogens is 204 g/mol. The summed E-state index contributed by atoms with van der Waals surface area (Å²) in [5.74, 6) is -0.270. The number of nitrogens with one attached hydrogen (secondary N) is 2. The number of rotatable bonds is 4. The highest BCUT2D eigenvalue weighted by molar-refractivity contribution is 5.86. The second-order valence-electron chi connectivity index (χ2n) is 2.16. The third kappa shape index (κ3) is 17.5. The van der Waals surface area contributed by atoms with Crippen molar-refractivity contribution in [1.29, 1.82) is 0 Å². The molecule has 0 saturated heterocycles. The van der Waals surface area contributed by atoms with Crippen LogP contribution >= 0.6 is 12.4 Å². The van der Waals surface area contributed by atoms with Crippen LogP contribution in [0.2, 0.25) is 0 Å². The van der Waals surface area contributed by atoms with E-state index in [9.17, 15) is 4.79 Å². The molecular formula is C8H21ClN4O. The number of halogens is 1. The van der Waals surface area contributed by atoms with Crippen LogP contribution in [0.4, 0.5) is 0 Å². The summed E-state index contributed by atoms with van der Waals surface area (Å²) in [6.45, 7) is 8.55. The van der Waals surface area contributed by atoms with Crippen molar-refractivity contribution < 1.29 is 4.79 Å². The standard InChI is InChI=1S/C6H13N3O.C2H7N.ClH/c1-3-5(10)9-6(7)8-4-2;1-2-3;/h3,6,8H,1,4,7H2,2H3,(H,9,10);2-3H2,1H3;1H. The SMILES string of the molecule is C=CC(=O)NC(N)NCC.CCN.Cl. The van der Waals surface area contributed by atoms with Crippen LogP contribution in [0.1, 0.15) is 13.8 Å². The first kappa shape index (κ1) is 19.0. The van der Waals surface area contributed by atoms with Crippen molar-refractivity contribution in [2.75, 3.05) is 13.1 Å². The zero-order valence-electron chi connectivity index (χ0n) is 8.75. The monoisotopic (exact) mass is 224 g/mol. The molecule has 0 aliphatic carbocycles. The van der Waals surface area contributed by atoms with Gasteiger partial charge in [-0.25, -0.2) is 0 Å². The van der Waals surface area contributed by atoms with E-state index in [1.54, 1.807) is 0 Å². The maximum atomic E-state index is 10.5. The summed E-state index contributed by atoms with van der Waals surface area (Å²) in [5, 5.41) is 5.25. The Morgan fingerprint density at radius 2 is 2.00 bits per heavy atom. The van der Waals surface area contributed by atoms with E-state index in [-0.39, 0.29) is 18.3 Å². The Morgan fingerprint density at radius 1 is 1.57 bits per heavy atom. The predicted molar refractivity (Wildman–Crippen MR) is 62.0 cm³/mol. The molecule has 0 heterocycles. The molecule has 14 heavy (non-hydrogen) atoms. The van der Waals surface area contributed by atoms with E-state index in [1.165, 1.54) is 6.08 Å². The highest BCUT2D eigenvalue weighted by atomic mass is 35.5. The van der Waals surface area contributed by atoms with Crippen molar-refractivity contribution in [2.24, 2.45) is 11.5 Å². The van der Waals surface area contributed by atoms with Crippen LogP contribution in [-0.2, 0) is 4.79 Å². The maximum absolute atomic E-state index is 10.5. The lowest BCUT2D eigenvalue weighted by molar-refractivity contribution is -0.117. The van der Waals surface area contributed by atoms with E-state index < -0.39 is 6.29 Å². The molecule has 6 N–H and O–H groups in total. The van der Waals surface area contributed by atoms with Crippen LogP contribution < -0.4 is 22.1 Å². The summed E-state index contributed by atoms with van der Waals surface area (Å²) in [5.41, 5.74) is 10.2. The van der Waals surface area contributed by atoms with Gasteiger partial charge in [-0.2, -0.15) is 0 Å². The average molecular weight is 225 g/mol. The van der Waals surface area contributed by atoms with Gasteiger partial charge in [-0.1, -0.05) is 20.4 Å². The number of nitrogens with two attached hydrogens (primary N) is 2. The van der Waals surface area contributed by atoms with Gasteiger partial charge in [-0.05, 0) is 19.2 Å². The van der Waals surface area contributed by atoms with Crippen molar-refractivity contribution in [1.82, 2.24) is 10.6 Å². The predicted octanol–water partition coefficient (Wildman–Crippen LogP) is -0.473. The van der Waals surface area contributed by atoms with E-state index in [1.807, 2.05) is 13.8 Å². The molecule has 0 rings (SSSR count). The first-order chi connectivity index (χ1) is 6.12. The topological polar surface area (TPSA) is 93.2 Å². The van der Waals surface area contributed by atoms with E-state index in [0.717, 1.165) is 13.1 Å². The van der Waals surface area contributed by atoms with Crippen molar-refractivity contribution in [3.8, 4) is 0 Å². The van der Waals surface area contributed by atoms with Crippen molar-refractivity contribution in [3.63, 3.8) is 0 Å². The van der Waals surface area contributed by atoms with Gasteiger partial charge in [0.25, 0.3) is 0 Å². The summed E-state index contributed by atoms with van der Waals surface area (Å²) in [6.07, 6.45) is 0.701. The lowest BCUT2D eigenvalue weighted by Crippen LogP contribution is -2.51. The average Bonchev–Trinajstić information content (AvgIpc) is 2.06. The Kier molecular flexibility index (Phi) is 20.2. The van der Waals surface area contributed by atoms with Gasteiger partial charge < -0.3 is 11.1 Å². The van der Waals surface area contributed by atoms with Gasteiger partial charge >= 0.3 is 0 Å². The summed E-state index contributed by atoms with van der Waals surface area (Å²) < 4.78 is 0. The molecule has 86 valence electrons. The van der Waals surface area contributed by atoms with E-state index >= 15 is 0 Å². The van der Waals surface area contributed by atoms with Crippen molar-refractivity contribution >= 4 is 18.3 Å². The third-order valence-electron chi connectivity index (χ3n) is 0.907. The second-order valence-corrected chi connectivity index (χ2v) is 2.16. The number of carbonyl (C=O) groups excluding carboxylic acids is 1. The van der Waals surface area contributed by atoms with Gasteiger partial charge in [-0.3, -0.25) is 15.8 Å². The number of hydrogen-bond donors (Lipinski definition) is 4. The first-order valence-corrected chi connectivity index (χ1v) is 4.24. The van der Waals surface area contributed by atoms with Crippen LogP contribution in [0.3, 0.4) is 0 Å². The highest BCUT2D eigenvalue weighted by Crippen LogP contribution is 1.67. The minimum Gasteiger partial charge on any atom is -0.331 e. The molecule has 0 radical (unpaired) electrons. The van der Waals surface area contributed by atoms with E-state index in [2.05, 4.69) is 17.2 Å². The van der Waals surface area contributed by atoms with Crippen molar-refractivity contribution in [2.45, 2.75) is 20.1 Å². The minimum atomic E-state index is -0.476. The summed E-state index contributed by atoms with van der Waals surface area (Å²) in [4.78, 5) is 10.5. The molecule has 0 spiro atoms. The molecule has 0 saturated carbocycles. The second kappa shape index (κ2) is 14.9. The quantitative estimate of drug-likeness (QED) is 0.384. The molecule has 0 aromatic carbocycles. The Morgan fingerprint density at radius 3 is 2.29 bits per heavy atom. The fourth-order valence-electron chi connectivity index (χ4n) is 0.483. The number of carbonyl (C=O) groups is 1. The zero-order valence-corrected chi connectivity index (χ0v) is 9.56. The highest BCUT2D eigenvalue weighted by Gasteiger charge is 1.99. The van der Waals surface area contributed by atoms with Crippen LogP contribution in [0.25, 0.3) is 0 Å². The number of amides is 1. The molecule has 0 bridgehead atoms. The molecule has 1 unspecified atom stereocenters. The molecule has 0 fully saturated rings. The molecule has 0 aromatic rings. The maximum Gasteiger partial charge on any atom is 0.245 e. The molecule has 1 amide bonds. The Labute approximate surface area is 91.7 Å². The molecule has 0 aliphatic rings.